The summed E-state index contributed by atoms with van der Waals surface area (Å²) in [5.74, 6) is -0.812. The molecular formula is C24H31N4O3+. The Bertz CT molecular complexity index is 930. The summed E-state index contributed by atoms with van der Waals surface area (Å²) in [4.78, 5) is 38.6. The van der Waals surface area contributed by atoms with E-state index < -0.39 is 17.5 Å². The summed E-state index contributed by atoms with van der Waals surface area (Å²) in [5.41, 5.74) is 4.93. The molecule has 31 heavy (non-hydrogen) atoms. The van der Waals surface area contributed by atoms with Crippen molar-refractivity contribution < 1.29 is 19.3 Å². The van der Waals surface area contributed by atoms with Gasteiger partial charge in [0, 0.05) is 5.56 Å². The van der Waals surface area contributed by atoms with Crippen LogP contribution in [-0.2, 0) is 29.0 Å². The molecule has 3 N–H and O–H groups in total. The first-order chi connectivity index (χ1) is 14.8. The monoisotopic (exact) mass is 423 g/mol. The van der Waals surface area contributed by atoms with E-state index in [0.29, 0.717) is 19.4 Å². The van der Waals surface area contributed by atoms with Crippen LogP contribution in [0.2, 0.25) is 0 Å². The fourth-order valence-electron chi connectivity index (χ4n) is 3.74. The molecule has 0 aliphatic carbocycles. The van der Waals surface area contributed by atoms with Gasteiger partial charge in [-0.05, 0) is 37.3 Å². The van der Waals surface area contributed by atoms with Crippen LogP contribution < -0.4 is 15.6 Å². The molecule has 2 aromatic rings. The molecule has 1 heterocycles. The number of hydrazine groups is 1. The van der Waals surface area contributed by atoms with E-state index in [2.05, 4.69) is 41.9 Å². The topological polar surface area (TPSA) is 82.9 Å². The summed E-state index contributed by atoms with van der Waals surface area (Å²) in [6, 6.07) is 17.5. The fourth-order valence-corrected chi connectivity index (χ4v) is 3.74. The van der Waals surface area contributed by atoms with Gasteiger partial charge >= 0.3 is 6.03 Å². The van der Waals surface area contributed by atoms with Crippen molar-refractivity contribution in [3.63, 3.8) is 0 Å². The SMILES string of the molecule is CCc1ccc(C[NH+](C)CC(=O)NN2C(=O)N[C@@](C)(CCc3ccccc3)C2=O)cc1. The van der Waals surface area contributed by atoms with Gasteiger partial charge in [-0.25, -0.2) is 4.79 Å². The van der Waals surface area contributed by atoms with E-state index >= 15 is 0 Å². The molecule has 164 valence electrons. The molecule has 7 heteroatoms. The molecule has 0 radical (unpaired) electrons. The van der Waals surface area contributed by atoms with Gasteiger partial charge in [-0.3, -0.25) is 15.0 Å². The predicted molar refractivity (Wildman–Crippen MR) is 118 cm³/mol. The third-order valence-corrected chi connectivity index (χ3v) is 5.65. The molecular weight excluding hydrogens is 392 g/mol. The van der Waals surface area contributed by atoms with Crippen LogP contribution in [0.25, 0.3) is 0 Å². The lowest BCUT2D eigenvalue weighted by Crippen LogP contribution is -3.09. The number of imide groups is 1. The van der Waals surface area contributed by atoms with Gasteiger partial charge in [0.2, 0.25) is 0 Å². The van der Waals surface area contributed by atoms with Crippen molar-refractivity contribution in [3.05, 3.63) is 71.3 Å². The number of nitrogens with one attached hydrogen (secondary N) is 3. The third-order valence-electron chi connectivity index (χ3n) is 5.65. The Kier molecular flexibility index (Phi) is 7.07. The first kappa shape index (κ1) is 22.5. The van der Waals surface area contributed by atoms with Crippen LogP contribution in [0.3, 0.4) is 0 Å². The average Bonchev–Trinajstić information content (AvgIpc) is 2.97. The van der Waals surface area contributed by atoms with Gasteiger partial charge in [-0.2, -0.15) is 5.01 Å². The molecule has 2 atom stereocenters. The summed E-state index contributed by atoms with van der Waals surface area (Å²) >= 11 is 0. The molecule has 7 nitrogen and oxygen atoms in total. The first-order valence-corrected chi connectivity index (χ1v) is 10.7. The predicted octanol–water partition coefficient (Wildman–Crippen LogP) is 1.24. The lowest BCUT2D eigenvalue weighted by molar-refractivity contribution is -0.885. The standard InChI is InChI=1S/C24H30N4O3/c1-4-18-10-12-20(13-11-18)16-27(3)17-21(29)26-28-22(30)24(2,25-23(28)31)15-14-19-8-6-5-7-9-19/h5-13H,4,14-17H2,1-3H3,(H,25,31)(H,26,29)/p+1/t24-/m0/s1. The van der Waals surface area contributed by atoms with Crippen molar-refractivity contribution in [3.8, 4) is 0 Å². The minimum atomic E-state index is -1.04. The minimum Gasteiger partial charge on any atom is -0.326 e. The Morgan fingerprint density at radius 1 is 1.03 bits per heavy atom. The maximum Gasteiger partial charge on any atom is 0.344 e. The van der Waals surface area contributed by atoms with Crippen molar-refractivity contribution in [2.75, 3.05) is 13.6 Å². The quantitative estimate of drug-likeness (QED) is 0.531. The molecule has 2 aromatic carbocycles. The molecule has 3 rings (SSSR count). The fraction of sp³-hybridized carbons (Fsp3) is 0.375. The molecule has 1 unspecified atom stereocenters. The van der Waals surface area contributed by atoms with Gasteiger partial charge < -0.3 is 10.2 Å². The molecule has 1 fully saturated rings. The number of urea groups is 1. The van der Waals surface area contributed by atoms with Crippen LogP contribution >= 0.6 is 0 Å². The zero-order valence-corrected chi connectivity index (χ0v) is 18.4. The van der Waals surface area contributed by atoms with Crippen LogP contribution in [0.4, 0.5) is 4.79 Å². The van der Waals surface area contributed by atoms with Crippen molar-refractivity contribution >= 4 is 17.8 Å². The van der Waals surface area contributed by atoms with E-state index in [1.54, 1.807) is 6.92 Å². The van der Waals surface area contributed by atoms with Crippen molar-refractivity contribution in [1.82, 2.24) is 15.8 Å². The number of carbonyl (C=O) groups is 3. The van der Waals surface area contributed by atoms with Gasteiger partial charge in [0.25, 0.3) is 11.8 Å². The van der Waals surface area contributed by atoms with E-state index in [9.17, 15) is 14.4 Å². The van der Waals surface area contributed by atoms with E-state index in [4.69, 9.17) is 0 Å². The Morgan fingerprint density at radius 2 is 1.68 bits per heavy atom. The van der Waals surface area contributed by atoms with Crippen molar-refractivity contribution in [2.24, 2.45) is 0 Å². The Labute approximate surface area is 183 Å². The normalized spacial score (nSPS) is 19.3. The number of quaternary nitrogens is 1. The second-order valence-electron chi connectivity index (χ2n) is 8.40. The van der Waals surface area contributed by atoms with Crippen LogP contribution in [0.15, 0.2) is 54.6 Å². The number of amides is 4. The number of aryl methyl sites for hydroxylation is 2. The highest BCUT2D eigenvalue weighted by Gasteiger charge is 2.48. The molecule has 0 spiro atoms. The number of nitrogens with zero attached hydrogens (tertiary/aromatic N) is 1. The molecule has 0 saturated carbocycles. The lowest BCUT2D eigenvalue weighted by atomic mass is 9.93. The smallest absolute Gasteiger partial charge is 0.326 e. The van der Waals surface area contributed by atoms with E-state index in [1.165, 1.54) is 5.56 Å². The van der Waals surface area contributed by atoms with Crippen LogP contribution in [0, 0.1) is 0 Å². The zero-order chi connectivity index (χ0) is 22.4. The largest absolute Gasteiger partial charge is 0.344 e. The maximum atomic E-state index is 12.9. The van der Waals surface area contributed by atoms with Gasteiger partial charge in [-0.1, -0.05) is 61.5 Å². The van der Waals surface area contributed by atoms with Gasteiger partial charge in [0.15, 0.2) is 6.54 Å². The summed E-state index contributed by atoms with van der Waals surface area (Å²) in [7, 11) is 1.91. The molecule has 1 aliphatic heterocycles. The second kappa shape index (κ2) is 9.75. The third kappa shape index (κ3) is 5.70. The summed E-state index contributed by atoms with van der Waals surface area (Å²) in [6.07, 6.45) is 2.09. The molecule has 4 amide bonds. The number of hydrogen-bond donors (Lipinski definition) is 3. The molecule has 0 aromatic heterocycles. The Hall–Kier alpha value is -3.19. The summed E-state index contributed by atoms with van der Waals surface area (Å²) < 4.78 is 0. The number of benzene rings is 2. The van der Waals surface area contributed by atoms with E-state index in [0.717, 1.165) is 27.5 Å². The Balaban J connectivity index is 1.52. The van der Waals surface area contributed by atoms with E-state index in [1.807, 2.05) is 37.4 Å². The van der Waals surface area contributed by atoms with Crippen LogP contribution in [-0.4, -0.2) is 42.0 Å². The second-order valence-corrected chi connectivity index (χ2v) is 8.40. The maximum absolute atomic E-state index is 12.9. The average molecular weight is 424 g/mol. The highest BCUT2D eigenvalue weighted by atomic mass is 16.2. The van der Waals surface area contributed by atoms with Gasteiger partial charge in [0.1, 0.15) is 12.1 Å². The highest BCUT2D eigenvalue weighted by molar-refractivity contribution is 6.07. The highest BCUT2D eigenvalue weighted by Crippen LogP contribution is 2.22. The summed E-state index contributed by atoms with van der Waals surface area (Å²) in [6.45, 7) is 4.62. The number of rotatable bonds is 9. The zero-order valence-electron chi connectivity index (χ0n) is 18.4. The van der Waals surface area contributed by atoms with Gasteiger partial charge in [-0.15, -0.1) is 0 Å². The summed E-state index contributed by atoms with van der Waals surface area (Å²) in [5, 5.41) is 3.54. The van der Waals surface area contributed by atoms with Crippen molar-refractivity contribution in [1.29, 1.82) is 0 Å². The molecule has 1 aliphatic rings. The van der Waals surface area contributed by atoms with E-state index in [-0.39, 0.29) is 12.5 Å². The van der Waals surface area contributed by atoms with Crippen molar-refractivity contribution in [2.45, 2.75) is 45.2 Å². The molecule has 1 saturated heterocycles. The molecule has 0 bridgehead atoms. The van der Waals surface area contributed by atoms with Crippen LogP contribution in [0.5, 0.6) is 0 Å². The van der Waals surface area contributed by atoms with Gasteiger partial charge in [0.05, 0.1) is 7.05 Å². The van der Waals surface area contributed by atoms with Crippen LogP contribution in [0.1, 0.15) is 37.0 Å². The Morgan fingerprint density at radius 3 is 2.32 bits per heavy atom. The number of hydrogen-bond acceptors (Lipinski definition) is 3. The number of carbonyl (C=O) groups excluding carboxylic acids is 3. The minimum absolute atomic E-state index is 0.146. The lowest BCUT2D eigenvalue weighted by Gasteiger charge is -2.22. The first-order valence-electron chi connectivity index (χ1n) is 10.7. The number of likely N-dealkylation sites (N-methyl/N-ethyl adjacent to an activating group) is 1.